The second kappa shape index (κ2) is 9.68. The number of nitrogens with zero attached hydrogens (tertiary/aromatic N) is 5. The highest BCUT2D eigenvalue weighted by molar-refractivity contribution is 7.93. The zero-order valence-electron chi connectivity index (χ0n) is 18.3. The van der Waals surface area contributed by atoms with E-state index >= 15 is 0 Å². The summed E-state index contributed by atoms with van der Waals surface area (Å²) in [5.41, 5.74) is 2.25. The lowest BCUT2D eigenvalue weighted by molar-refractivity contribution is 0.242. The third kappa shape index (κ3) is 5.19. The number of hydrogen-bond acceptors (Lipinski definition) is 7. The number of anilines is 1. The lowest BCUT2D eigenvalue weighted by atomic mass is 10.1. The van der Waals surface area contributed by atoms with Crippen molar-refractivity contribution in [3.8, 4) is 0 Å². The molecule has 1 saturated heterocycles. The first kappa shape index (κ1) is 22.9. The van der Waals surface area contributed by atoms with Crippen molar-refractivity contribution >= 4 is 26.3 Å². The summed E-state index contributed by atoms with van der Waals surface area (Å²) in [6, 6.07) is 6.88. The monoisotopic (exact) mass is 477 g/mol. The average Bonchev–Trinajstić information content (AvgIpc) is 3.46. The van der Waals surface area contributed by atoms with E-state index < -0.39 is 9.84 Å². The largest absolute Gasteiger partial charge is 0.345 e. The molecule has 1 aliphatic rings. The Balaban J connectivity index is 1.34. The standard InChI is InChI=1S/C22H28FN5O2S2/c1-3-32(29,30)21-14-25-22(31-21)27-10-8-26(9-11-27)15-20-13-24-16-28(20)17(2)12-18-4-6-19(23)7-5-18/h4-7,13-14,16-17H,3,8-12,15H2,1-2H3. The first-order valence-electron chi connectivity index (χ1n) is 10.8. The molecule has 1 atom stereocenters. The molecule has 0 amide bonds. The second-order valence-corrected chi connectivity index (χ2v) is 11.6. The third-order valence-corrected chi connectivity index (χ3v) is 9.20. The number of sulfone groups is 1. The predicted octanol–water partition coefficient (Wildman–Crippen LogP) is 3.40. The van der Waals surface area contributed by atoms with E-state index in [0.29, 0.717) is 4.21 Å². The fourth-order valence-corrected chi connectivity index (χ4v) is 6.21. The fourth-order valence-electron chi connectivity index (χ4n) is 3.92. The highest BCUT2D eigenvalue weighted by Gasteiger charge is 2.23. The zero-order valence-corrected chi connectivity index (χ0v) is 19.9. The van der Waals surface area contributed by atoms with Crippen LogP contribution < -0.4 is 4.90 Å². The Morgan fingerprint density at radius 3 is 2.53 bits per heavy atom. The van der Waals surface area contributed by atoms with Gasteiger partial charge in [0, 0.05) is 45.0 Å². The molecule has 0 radical (unpaired) electrons. The Kier molecular flexibility index (Phi) is 6.92. The van der Waals surface area contributed by atoms with Crippen molar-refractivity contribution in [3.63, 3.8) is 0 Å². The molecule has 4 rings (SSSR count). The van der Waals surface area contributed by atoms with Gasteiger partial charge in [-0.25, -0.2) is 22.8 Å². The van der Waals surface area contributed by atoms with Gasteiger partial charge < -0.3 is 9.47 Å². The second-order valence-electron chi connectivity index (χ2n) is 8.10. The maximum absolute atomic E-state index is 13.2. The smallest absolute Gasteiger partial charge is 0.189 e. The SMILES string of the molecule is CCS(=O)(=O)c1cnc(N2CCN(Cc3cncn3C(C)Cc3ccc(F)cc3)CC2)s1. The molecule has 32 heavy (non-hydrogen) atoms. The molecule has 1 unspecified atom stereocenters. The Morgan fingerprint density at radius 1 is 1.12 bits per heavy atom. The van der Waals surface area contributed by atoms with E-state index in [-0.39, 0.29) is 17.6 Å². The van der Waals surface area contributed by atoms with Crippen LogP contribution in [0.25, 0.3) is 0 Å². The summed E-state index contributed by atoms with van der Waals surface area (Å²) in [5.74, 6) is -0.125. The van der Waals surface area contributed by atoms with Crippen molar-refractivity contribution in [2.24, 2.45) is 0 Å². The topological polar surface area (TPSA) is 71.3 Å². The van der Waals surface area contributed by atoms with Crippen LogP contribution in [0.2, 0.25) is 0 Å². The molecule has 1 aromatic carbocycles. The van der Waals surface area contributed by atoms with Crippen molar-refractivity contribution < 1.29 is 12.8 Å². The van der Waals surface area contributed by atoms with E-state index in [1.165, 1.54) is 29.7 Å². The quantitative estimate of drug-likeness (QED) is 0.495. The fraction of sp³-hybridized carbons (Fsp3) is 0.455. The molecule has 10 heteroatoms. The number of thiazole rings is 1. The van der Waals surface area contributed by atoms with Gasteiger partial charge in [0.1, 0.15) is 10.0 Å². The molecule has 0 spiro atoms. The van der Waals surface area contributed by atoms with Gasteiger partial charge in [-0.05, 0) is 31.0 Å². The molecule has 0 N–H and O–H groups in total. The molecule has 1 fully saturated rings. The van der Waals surface area contributed by atoms with Gasteiger partial charge in [-0.1, -0.05) is 30.4 Å². The highest BCUT2D eigenvalue weighted by atomic mass is 32.2. The minimum Gasteiger partial charge on any atom is -0.345 e. The van der Waals surface area contributed by atoms with Gasteiger partial charge in [-0.2, -0.15) is 0 Å². The van der Waals surface area contributed by atoms with Gasteiger partial charge >= 0.3 is 0 Å². The molecule has 1 aliphatic heterocycles. The number of benzene rings is 1. The lowest BCUT2D eigenvalue weighted by Gasteiger charge is -2.34. The summed E-state index contributed by atoms with van der Waals surface area (Å²) < 4.78 is 39.8. The predicted molar refractivity (Wildman–Crippen MR) is 124 cm³/mol. The molecule has 0 bridgehead atoms. The molecular weight excluding hydrogens is 449 g/mol. The molecular formula is C22H28FN5O2S2. The van der Waals surface area contributed by atoms with E-state index in [9.17, 15) is 12.8 Å². The average molecular weight is 478 g/mol. The summed E-state index contributed by atoms with van der Waals surface area (Å²) in [7, 11) is -3.21. The van der Waals surface area contributed by atoms with E-state index in [0.717, 1.165) is 55.5 Å². The number of rotatable bonds is 8. The number of imidazole rings is 1. The summed E-state index contributed by atoms with van der Waals surface area (Å²) in [4.78, 5) is 13.2. The molecule has 172 valence electrons. The molecule has 2 aromatic heterocycles. The van der Waals surface area contributed by atoms with Gasteiger partial charge in [0.2, 0.25) is 0 Å². The van der Waals surface area contributed by atoms with Gasteiger partial charge in [0.05, 0.1) is 24.0 Å². The molecule has 0 aliphatic carbocycles. The summed E-state index contributed by atoms with van der Waals surface area (Å²) in [6.45, 7) is 7.95. The normalized spacial score (nSPS) is 16.4. The highest BCUT2D eigenvalue weighted by Crippen LogP contribution is 2.28. The lowest BCUT2D eigenvalue weighted by Crippen LogP contribution is -2.46. The maximum Gasteiger partial charge on any atom is 0.189 e. The first-order valence-corrected chi connectivity index (χ1v) is 13.2. The van der Waals surface area contributed by atoms with Crippen molar-refractivity contribution in [1.29, 1.82) is 0 Å². The maximum atomic E-state index is 13.2. The van der Waals surface area contributed by atoms with Gasteiger partial charge in [-0.15, -0.1) is 0 Å². The molecule has 0 saturated carbocycles. The van der Waals surface area contributed by atoms with Crippen LogP contribution in [0.1, 0.15) is 31.1 Å². The Bertz CT molecular complexity index is 1140. The van der Waals surface area contributed by atoms with E-state index in [2.05, 4.69) is 31.3 Å². The summed E-state index contributed by atoms with van der Waals surface area (Å²) >= 11 is 1.26. The number of aromatic nitrogens is 3. The van der Waals surface area contributed by atoms with E-state index in [1.54, 1.807) is 6.92 Å². The minimum atomic E-state index is -3.21. The van der Waals surface area contributed by atoms with E-state index in [1.807, 2.05) is 24.7 Å². The van der Waals surface area contributed by atoms with Gasteiger partial charge in [0.25, 0.3) is 0 Å². The van der Waals surface area contributed by atoms with Gasteiger partial charge in [0.15, 0.2) is 15.0 Å². The van der Waals surface area contributed by atoms with Crippen molar-refractivity contribution in [3.05, 3.63) is 60.1 Å². The Morgan fingerprint density at radius 2 is 1.84 bits per heavy atom. The van der Waals surface area contributed by atoms with Crippen molar-refractivity contribution in [2.75, 3.05) is 36.8 Å². The summed E-state index contributed by atoms with van der Waals surface area (Å²) in [5, 5.41) is 0.773. The first-order chi connectivity index (χ1) is 15.4. The van der Waals surface area contributed by atoms with Crippen molar-refractivity contribution in [1.82, 2.24) is 19.4 Å². The molecule has 3 heterocycles. The van der Waals surface area contributed by atoms with Crippen LogP contribution in [-0.4, -0.2) is 59.8 Å². The molecule has 7 nitrogen and oxygen atoms in total. The van der Waals surface area contributed by atoms with Crippen LogP contribution in [0.3, 0.4) is 0 Å². The summed E-state index contributed by atoms with van der Waals surface area (Å²) in [6.07, 6.45) is 6.07. The van der Waals surface area contributed by atoms with Crippen molar-refractivity contribution in [2.45, 2.75) is 37.1 Å². The number of halogens is 1. The van der Waals surface area contributed by atoms with Crippen LogP contribution in [0.5, 0.6) is 0 Å². The molecule has 3 aromatic rings. The van der Waals surface area contributed by atoms with Gasteiger partial charge in [-0.3, -0.25) is 4.90 Å². The number of piperazine rings is 1. The van der Waals surface area contributed by atoms with Crippen LogP contribution >= 0.6 is 11.3 Å². The minimum absolute atomic E-state index is 0.0929. The third-order valence-electron chi connectivity index (χ3n) is 5.85. The van der Waals surface area contributed by atoms with Crippen LogP contribution in [0.15, 0.2) is 47.2 Å². The zero-order chi connectivity index (χ0) is 22.7. The Labute approximate surface area is 192 Å². The van der Waals surface area contributed by atoms with E-state index in [4.69, 9.17) is 0 Å². The Hall–Kier alpha value is -2.30. The van der Waals surface area contributed by atoms with Crippen LogP contribution in [0, 0.1) is 5.82 Å². The number of hydrogen-bond donors (Lipinski definition) is 0. The van der Waals surface area contributed by atoms with Crippen LogP contribution in [-0.2, 0) is 22.8 Å². The van der Waals surface area contributed by atoms with Crippen LogP contribution in [0.4, 0.5) is 9.52 Å².